The van der Waals surface area contributed by atoms with Crippen molar-refractivity contribution in [2.45, 2.75) is 374 Å². The first kappa shape index (κ1) is 87.1. The number of esters is 4. The van der Waals surface area contributed by atoms with Gasteiger partial charge in [-0.2, -0.15) is 0 Å². The number of unbranched alkanes of at least 4 members (excludes halogenated alkanes) is 39. The van der Waals surface area contributed by atoms with E-state index in [9.17, 15) is 43.2 Å². The van der Waals surface area contributed by atoms with Crippen LogP contribution in [0, 0.1) is 11.8 Å². The first-order valence-electron chi connectivity index (χ1n) is 36.5. The summed E-state index contributed by atoms with van der Waals surface area (Å²) in [4.78, 5) is 72.2. The summed E-state index contributed by atoms with van der Waals surface area (Å²) >= 11 is 0. The molecule has 0 saturated carbocycles. The molecule has 0 saturated heterocycles. The van der Waals surface area contributed by atoms with E-state index < -0.39 is 97.5 Å². The Morgan fingerprint density at radius 1 is 0.303 bits per heavy atom. The van der Waals surface area contributed by atoms with Crippen molar-refractivity contribution >= 4 is 39.5 Å². The molecule has 17 nitrogen and oxygen atoms in total. The number of aliphatic hydroxyl groups is 1. The number of rotatable bonds is 69. The number of phosphoric ester groups is 2. The van der Waals surface area contributed by atoms with E-state index in [0.29, 0.717) is 31.6 Å². The number of carbonyl (C=O) groups is 4. The number of hydrogen-bond donors (Lipinski definition) is 3. The number of ether oxygens (including phenoxy) is 4. The number of carbonyl (C=O) groups excluding carboxylic acids is 4. The third kappa shape index (κ3) is 64.6. The summed E-state index contributed by atoms with van der Waals surface area (Å²) in [6.45, 7) is 9.37. The van der Waals surface area contributed by atoms with E-state index in [0.717, 1.165) is 102 Å². The lowest BCUT2D eigenvalue weighted by atomic mass is 10.0. The molecule has 0 aromatic heterocycles. The Bertz CT molecular complexity index is 1730. The van der Waals surface area contributed by atoms with Crippen molar-refractivity contribution in [3.8, 4) is 0 Å². The topological polar surface area (TPSA) is 237 Å². The van der Waals surface area contributed by atoms with Gasteiger partial charge in [0.05, 0.1) is 26.4 Å². The van der Waals surface area contributed by atoms with Crippen LogP contribution in [-0.2, 0) is 65.4 Å². The minimum absolute atomic E-state index is 0.101. The average molecular weight is 1310 g/mol. The van der Waals surface area contributed by atoms with E-state index in [4.69, 9.17) is 37.0 Å². The SMILES string of the molecule is CCCCCCCCCCCCCCCCCCCCCCC(=O)O[C@H](COC(=O)CCCCCCCCCCCCCCC(C)C)COP(=O)(O)OC[C@@H](O)COP(=O)(O)OC[C@@H](COC(=O)CCCCCCC)OC(=O)CCCCCCCCC(C)C. The van der Waals surface area contributed by atoms with Crippen LogP contribution < -0.4 is 0 Å². The zero-order valence-electron chi connectivity index (χ0n) is 57.7. The molecule has 0 aromatic carbocycles. The van der Waals surface area contributed by atoms with Crippen molar-refractivity contribution in [2.75, 3.05) is 39.6 Å². The third-order valence-corrected chi connectivity index (χ3v) is 18.1. The lowest BCUT2D eigenvalue weighted by Crippen LogP contribution is -2.30. The summed E-state index contributed by atoms with van der Waals surface area (Å²) in [6, 6.07) is 0. The highest BCUT2D eigenvalue weighted by Gasteiger charge is 2.30. The van der Waals surface area contributed by atoms with Crippen LogP contribution >= 0.6 is 15.6 Å². The molecule has 0 aromatic rings. The van der Waals surface area contributed by atoms with Crippen LogP contribution in [-0.4, -0.2) is 96.7 Å². The Labute approximate surface area is 543 Å². The molecule has 0 fully saturated rings. The van der Waals surface area contributed by atoms with Gasteiger partial charge in [0.25, 0.3) is 0 Å². The third-order valence-electron chi connectivity index (χ3n) is 16.2. The van der Waals surface area contributed by atoms with Gasteiger partial charge < -0.3 is 33.8 Å². The fourth-order valence-corrected chi connectivity index (χ4v) is 12.2. The summed E-state index contributed by atoms with van der Waals surface area (Å²) in [5, 5.41) is 10.5. The smallest absolute Gasteiger partial charge is 0.462 e. The fraction of sp³-hybridized carbons (Fsp3) is 0.943. The van der Waals surface area contributed by atoms with Gasteiger partial charge in [-0.15, -0.1) is 0 Å². The number of hydrogen-bond acceptors (Lipinski definition) is 15. The second kappa shape index (κ2) is 62.2. The van der Waals surface area contributed by atoms with Gasteiger partial charge in [-0.25, -0.2) is 9.13 Å². The maximum atomic E-state index is 13.0. The summed E-state index contributed by atoms with van der Waals surface area (Å²) in [7, 11) is -9.89. The molecule has 0 spiro atoms. The molecule has 3 N–H and O–H groups in total. The second-order valence-corrected chi connectivity index (χ2v) is 29.1. The maximum Gasteiger partial charge on any atom is 0.472 e. The molecule has 19 heteroatoms. The Morgan fingerprint density at radius 2 is 0.517 bits per heavy atom. The first-order chi connectivity index (χ1) is 42.9. The monoisotopic (exact) mass is 1310 g/mol. The van der Waals surface area contributed by atoms with Gasteiger partial charge in [-0.3, -0.25) is 37.3 Å². The molecular formula is C70H136O17P2. The molecule has 0 bridgehead atoms. The van der Waals surface area contributed by atoms with Gasteiger partial charge in [0, 0.05) is 25.7 Å². The van der Waals surface area contributed by atoms with E-state index in [1.54, 1.807) is 0 Å². The Balaban J connectivity index is 5.12. The molecule has 0 aliphatic carbocycles. The molecule has 89 heavy (non-hydrogen) atoms. The summed E-state index contributed by atoms with van der Waals surface area (Å²) < 4.78 is 68.0. The maximum absolute atomic E-state index is 13.0. The fourth-order valence-electron chi connectivity index (χ4n) is 10.6. The molecule has 5 atom stereocenters. The molecule has 2 unspecified atom stereocenters. The van der Waals surface area contributed by atoms with Crippen molar-refractivity contribution in [3.63, 3.8) is 0 Å². The predicted molar refractivity (Wildman–Crippen MR) is 358 cm³/mol. The predicted octanol–water partition coefficient (Wildman–Crippen LogP) is 20.0. The Morgan fingerprint density at radius 3 is 0.764 bits per heavy atom. The summed E-state index contributed by atoms with van der Waals surface area (Å²) in [5.41, 5.74) is 0. The summed E-state index contributed by atoms with van der Waals surface area (Å²) in [6.07, 6.45) is 47.9. The van der Waals surface area contributed by atoms with Crippen molar-refractivity contribution in [3.05, 3.63) is 0 Å². The molecule has 0 radical (unpaired) electrons. The van der Waals surface area contributed by atoms with Crippen molar-refractivity contribution in [1.82, 2.24) is 0 Å². The first-order valence-corrected chi connectivity index (χ1v) is 39.5. The second-order valence-electron chi connectivity index (χ2n) is 26.2. The van der Waals surface area contributed by atoms with Gasteiger partial charge in [-0.05, 0) is 37.5 Å². The van der Waals surface area contributed by atoms with Crippen LogP contribution in [0.4, 0.5) is 0 Å². The molecular weight excluding hydrogens is 1170 g/mol. The van der Waals surface area contributed by atoms with Crippen molar-refractivity contribution < 1.29 is 80.2 Å². The van der Waals surface area contributed by atoms with Gasteiger partial charge >= 0.3 is 39.5 Å². The van der Waals surface area contributed by atoms with E-state index in [1.165, 1.54) is 167 Å². The van der Waals surface area contributed by atoms with Crippen LogP contribution in [0.15, 0.2) is 0 Å². The lowest BCUT2D eigenvalue weighted by Gasteiger charge is -2.21. The zero-order chi connectivity index (χ0) is 65.7. The highest BCUT2D eigenvalue weighted by atomic mass is 31.2. The van der Waals surface area contributed by atoms with Crippen molar-refractivity contribution in [1.29, 1.82) is 0 Å². The van der Waals surface area contributed by atoms with Gasteiger partial charge in [0.15, 0.2) is 12.2 Å². The van der Waals surface area contributed by atoms with E-state index >= 15 is 0 Å². The Hall–Kier alpha value is -1.94. The quantitative estimate of drug-likeness (QED) is 0.0222. The highest BCUT2D eigenvalue weighted by molar-refractivity contribution is 7.47. The van der Waals surface area contributed by atoms with Crippen LogP contribution in [0.5, 0.6) is 0 Å². The number of phosphoric acid groups is 2. The van der Waals surface area contributed by atoms with Crippen LogP contribution in [0.2, 0.25) is 0 Å². The minimum Gasteiger partial charge on any atom is -0.462 e. The zero-order valence-corrected chi connectivity index (χ0v) is 59.5. The minimum atomic E-state index is -4.95. The molecule has 0 amide bonds. The van der Waals surface area contributed by atoms with Gasteiger partial charge in [-0.1, -0.05) is 305 Å². The normalized spacial score (nSPS) is 14.1. The molecule has 528 valence electrons. The lowest BCUT2D eigenvalue weighted by molar-refractivity contribution is -0.161. The van der Waals surface area contributed by atoms with E-state index in [1.807, 2.05) is 0 Å². The van der Waals surface area contributed by atoms with E-state index in [-0.39, 0.29) is 25.7 Å². The standard InChI is InChI=1S/C70H136O17P2/c1-7-9-11-13-14-15-16-17-18-19-20-21-22-23-24-29-32-35-42-48-54-69(74)86-66(59-81-68(73)53-47-41-34-31-28-26-25-27-30-33-39-44-50-62(3)4)61-85-89(78,79)83-57-64(71)56-82-88(76,77)84-60-65(58-80-67(72)52-46-38-12-10-8-2)87-70(75)55-49-43-37-36-40-45-51-63(5)6/h62-66,71H,7-61H2,1-6H3,(H,76,77)(H,78,79)/t64-,65+,66+/m0/s1. The molecule has 0 aliphatic heterocycles. The highest BCUT2D eigenvalue weighted by Crippen LogP contribution is 2.45. The Kier molecular flexibility index (Phi) is 60.8. The van der Waals surface area contributed by atoms with Crippen LogP contribution in [0.1, 0.15) is 356 Å². The van der Waals surface area contributed by atoms with Crippen LogP contribution in [0.3, 0.4) is 0 Å². The average Bonchev–Trinajstić information content (AvgIpc) is 3.61. The summed E-state index contributed by atoms with van der Waals surface area (Å²) in [5.74, 6) is -0.689. The van der Waals surface area contributed by atoms with Crippen molar-refractivity contribution in [2.24, 2.45) is 11.8 Å². The van der Waals surface area contributed by atoms with E-state index in [2.05, 4.69) is 41.5 Å². The van der Waals surface area contributed by atoms with Gasteiger partial charge in [0.1, 0.15) is 19.3 Å². The molecule has 0 heterocycles. The largest absolute Gasteiger partial charge is 0.472 e. The molecule has 0 aliphatic rings. The van der Waals surface area contributed by atoms with Gasteiger partial charge in [0.2, 0.25) is 0 Å². The number of aliphatic hydroxyl groups excluding tert-OH is 1. The molecule has 0 rings (SSSR count). The van der Waals surface area contributed by atoms with Crippen LogP contribution in [0.25, 0.3) is 0 Å².